The van der Waals surface area contributed by atoms with E-state index in [1.807, 2.05) is 40.7 Å². The number of halogens is 3. The van der Waals surface area contributed by atoms with Gasteiger partial charge in [0.25, 0.3) is 0 Å². The number of nitrogens with zero attached hydrogens (tertiary/aromatic N) is 4. The van der Waals surface area contributed by atoms with Crippen molar-refractivity contribution in [2.24, 2.45) is 0 Å². The van der Waals surface area contributed by atoms with Gasteiger partial charge in [0.15, 0.2) is 0 Å². The number of likely N-dealkylation sites (N-methyl/N-ethyl adjacent to an activating group) is 1. The van der Waals surface area contributed by atoms with Crippen molar-refractivity contribution in [3.63, 3.8) is 0 Å². The highest BCUT2D eigenvalue weighted by Gasteiger charge is 2.18. The van der Waals surface area contributed by atoms with Gasteiger partial charge in [-0.05, 0) is 24.0 Å². The van der Waals surface area contributed by atoms with Crippen molar-refractivity contribution in [1.29, 1.82) is 0 Å². The molecule has 3 heterocycles. The highest BCUT2D eigenvalue weighted by atomic mass is 35.5. The minimum absolute atomic E-state index is 0.351. The summed E-state index contributed by atoms with van der Waals surface area (Å²) in [6.45, 7) is 1.73. The van der Waals surface area contributed by atoms with Gasteiger partial charge in [0, 0.05) is 49.9 Å². The Bertz CT molecular complexity index is 1020. The Morgan fingerprint density at radius 3 is 2.83 bits per heavy atom. The molecular formula is C20H22ClF2N5OS. The molecule has 0 saturated carbocycles. The number of fused-ring (bicyclic) bond motifs is 1. The van der Waals surface area contributed by atoms with E-state index in [-0.39, 0.29) is 0 Å². The summed E-state index contributed by atoms with van der Waals surface area (Å²) in [5.74, 6) is 0.734. The number of hydrogen-bond acceptors (Lipinski definition) is 6. The smallest absolute Gasteiger partial charge is 0.242 e. The van der Waals surface area contributed by atoms with E-state index >= 15 is 0 Å². The van der Waals surface area contributed by atoms with Gasteiger partial charge in [0.2, 0.25) is 6.43 Å². The molecule has 0 bridgehead atoms. The molecule has 0 aromatic carbocycles. The first-order valence-electron chi connectivity index (χ1n) is 9.28. The second-order valence-electron chi connectivity index (χ2n) is 6.66. The lowest BCUT2D eigenvalue weighted by Gasteiger charge is -2.23. The summed E-state index contributed by atoms with van der Waals surface area (Å²) in [7, 11) is 1.92. The van der Waals surface area contributed by atoms with Gasteiger partial charge in [-0.1, -0.05) is 29.6 Å². The summed E-state index contributed by atoms with van der Waals surface area (Å²) in [6, 6.07) is 5.56. The number of alkyl halides is 2. The summed E-state index contributed by atoms with van der Waals surface area (Å²) < 4.78 is 27.8. The molecule has 30 heavy (non-hydrogen) atoms. The molecule has 0 spiro atoms. The Morgan fingerprint density at radius 2 is 2.13 bits per heavy atom. The zero-order valence-corrected chi connectivity index (χ0v) is 18.2. The van der Waals surface area contributed by atoms with Gasteiger partial charge in [-0.15, -0.1) is 0 Å². The van der Waals surface area contributed by atoms with Gasteiger partial charge < -0.3 is 14.7 Å². The first-order chi connectivity index (χ1) is 14.4. The third kappa shape index (κ3) is 5.08. The van der Waals surface area contributed by atoms with Crippen LogP contribution in [0.5, 0.6) is 0 Å². The molecule has 3 aromatic heterocycles. The summed E-state index contributed by atoms with van der Waals surface area (Å²) >= 11 is 8.11. The largest absolute Gasteiger partial charge is 0.358 e. The molecule has 0 amide bonds. The number of anilines is 1. The molecule has 3 aromatic rings. The molecule has 160 valence electrons. The maximum absolute atomic E-state index is 12.9. The van der Waals surface area contributed by atoms with Crippen LogP contribution in [0.15, 0.2) is 30.6 Å². The number of rotatable bonds is 10. The Morgan fingerprint density at radius 1 is 1.33 bits per heavy atom. The van der Waals surface area contributed by atoms with Crippen molar-refractivity contribution < 1.29 is 13.6 Å². The van der Waals surface area contributed by atoms with Crippen molar-refractivity contribution in [2.75, 3.05) is 37.8 Å². The van der Waals surface area contributed by atoms with Crippen LogP contribution < -0.4 is 4.90 Å². The Labute approximate surface area is 182 Å². The maximum atomic E-state index is 12.9. The van der Waals surface area contributed by atoms with Crippen molar-refractivity contribution in [3.8, 4) is 11.3 Å². The fraction of sp³-hybridized carbons (Fsp3) is 0.350. The molecule has 0 radical (unpaired) electrons. The minimum Gasteiger partial charge on any atom is -0.358 e. The third-order valence-corrected chi connectivity index (χ3v) is 5.96. The van der Waals surface area contributed by atoms with Gasteiger partial charge in [-0.2, -0.15) is 0 Å². The van der Waals surface area contributed by atoms with E-state index in [4.69, 9.17) is 11.6 Å². The predicted molar refractivity (Wildman–Crippen MR) is 118 cm³/mol. The van der Waals surface area contributed by atoms with E-state index in [9.17, 15) is 13.6 Å². The second-order valence-corrected chi connectivity index (χ2v) is 7.92. The molecule has 0 aliphatic heterocycles. The molecule has 0 unspecified atom stereocenters. The number of H-pyrrole nitrogens is 1. The maximum Gasteiger partial charge on any atom is 0.242 e. The number of carbonyl (C=O) groups excluding carboxylic acids is 1. The monoisotopic (exact) mass is 453 g/mol. The standard InChI is InChI=1S/C20H22ClF2N5OS/c1-27(6-7-28(30-2)8-9-29)17-5-3-4-15(26-17)14-12-25-20-18(19(14)21)13(11-24-20)10-16(22)23/h3-5,9,11-12,16H,6-8,10H2,1-2H3,(H,24,25). The lowest BCUT2D eigenvalue weighted by atomic mass is 10.1. The molecule has 0 saturated heterocycles. The second kappa shape index (κ2) is 10.2. The van der Waals surface area contributed by atoms with E-state index in [0.29, 0.717) is 52.5 Å². The predicted octanol–water partition coefficient (Wildman–Crippen LogP) is 4.30. The summed E-state index contributed by atoms with van der Waals surface area (Å²) in [4.78, 5) is 24.6. The molecule has 1 N–H and O–H groups in total. The van der Waals surface area contributed by atoms with Crippen LogP contribution >= 0.6 is 23.5 Å². The number of nitrogens with one attached hydrogen (secondary N) is 1. The molecule has 10 heteroatoms. The number of pyridine rings is 2. The molecule has 0 aliphatic carbocycles. The van der Waals surface area contributed by atoms with Crippen LogP contribution in [-0.2, 0) is 11.2 Å². The summed E-state index contributed by atoms with van der Waals surface area (Å²) in [5, 5.41) is 0.850. The number of aromatic amines is 1. The average molecular weight is 454 g/mol. The SMILES string of the molecule is CSN(CC=O)CCN(C)c1cccc(-c2cnc3[nH]cc(CC(F)F)c3c2Cl)n1. The zero-order chi connectivity index (χ0) is 21.7. The van der Waals surface area contributed by atoms with Crippen LogP contribution in [0.2, 0.25) is 5.02 Å². The molecule has 0 atom stereocenters. The van der Waals surface area contributed by atoms with Crippen molar-refractivity contribution in [1.82, 2.24) is 19.3 Å². The Kier molecular flexibility index (Phi) is 7.63. The summed E-state index contributed by atoms with van der Waals surface area (Å²) in [5.41, 5.74) is 2.10. The summed E-state index contributed by atoms with van der Waals surface area (Å²) in [6.07, 6.45) is 3.06. The normalized spacial score (nSPS) is 11.6. The van der Waals surface area contributed by atoms with E-state index < -0.39 is 12.8 Å². The van der Waals surface area contributed by atoms with E-state index in [2.05, 4.69) is 15.0 Å². The van der Waals surface area contributed by atoms with Crippen molar-refractivity contribution >= 4 is 46.7 Å². The van der Waals surface area contributed by atoms with Crippen LogP contribution in [-0.4, -0.2) is 64.9 Å². The van der Waals surface area contributed by atoms with Crippen LogP contribution in [0.3, 0.4) is 0 Å². The van der Waals surface area contributed by atoms with Crippen LogP contribution in [0.25, 0.3) is 22.3 Å². The quantitative estimate of drug-likeness (QED) is 0.364. The Balaban J connectivity index is 1.87. The van der Waals surface area contributed by atoms with Crippen LogP contribution in [0.4, 0.5) is 14.6 Å². The van der Waals surface area contributed by atoms with Gasteiger partial charge in [-0.25, -0.2) is 23.1 Å². The lowest BCUT2D eigenvalue weighted by Crippen LogP contribution is -2.30. The number of aromatic nitrogens is 3. The fourth-order valence-corrected chi connectivity index (χ4v) is 3.96. The molecule has 3 rings (SSSR count). The van der Waals surface area contributed by atoms with Gasteiger partial charge in [-0.3, -0.25) is 0 Å². The Hall–Kier alpha value is -2.23. The third-order valence-electron chi connectivity index (χ3n) is 4.72. The molecule has 0 fully saturated rings. The topological polar surface area (TPSA) is 65.1 Å². The van der Waals surface area contributed by atoms with Gasteiger partial charge >= 0.3 is 0 Å². The zero-order valence-electron chi connectivity index (χ0n) is 16.6. The van der Waals surface area contributed by atoms with Gasteiger partial charge in [0.1, 0.15) is 17.8 Å². The van der Waals surface area contributed by atoms with Crippen LogP contribution in [0, 0.1) is 0 Å². The minimum atomic E-state index is -2.47. The van der Waals surface area contributed by atoms with Crippen molar-refractivity contribution in [3.05, 3.63) is 41.2 Å². The van der Waals surface area contributed by atoms with Crippen molar-refractivity contribution in [2.45, 2.75) is 12.8 Å². The first-order valence-corrected chi connectivity index (χ1v) is 10.8. The molecule has 6 nitrogen and oxygen atoms in total. The first kappa shape index (κ1) is 22.5. The lowest BCUT2D eigenvalue weighted by molar-refractivity contribution is -0.107. The number of hydrogen-bond donors (Lipinski definition) is 1. The van der Waals surface area contributed by atoms with E-state index in [0.717, 1.165) is 12.1 Å². The number of aldehydes is 1. The highest BCUT2D eigenvalue weighted by Crippen LogP contribution is 2.35. The van der Waals surface area contributed by atoms with Gasteiger partial charge in [0.05, 0.1) is 17.3 Å². The van der Waals surface area contributed by atoms with E-state index in [1.54, 1.807) is 6.20 Å². The molecular weight excluding hydrogens is 432 g/mol. The fourth-order valence-electron chi connectivity index (χ4n) is 3.13. The number of carbonyl (C=O) groups is 1. The van der Waals surface area contributed by atoms with Crippen LogP contribution in [0.1, 0.15) is 5.56 Å². The molecule has 0 aliphatic rings. The highest BCUT2D eigenvalue weighted by molar-refractivity contribution is 7.96. The average Bonchev–Trinajstić information content (AvgIpc) is 3.14. The van der Waals surface area contributed by atoms with E-state index in [1.165, 1.54) is 18.1 Å².